The van der Waals surface area contributed by atoms with E-state index in [0.29, 0.717) is 24.4 Å². The number of carbonyl (C=O) groups excluding carboxylic acids is 1. The van der Waals surface area contributed by atoms with Gasteiger partial charge in [0.1, 0.15) is 5.75 Å². The Labute approximate surface area is 158 Å². The predicted octanol–water partition coefficient (Wildman–Crippen LogP) is 3.12. The highest BCUT2D eigenvalue weighted by Gasteiger charge is 2.34. The van der Waals surface area contributed by atoms with E-state index in [4.69, 9.17) is 10.5 Å². The number of likely N-dealkylation sites (tertiary alicyclic amines) is 1. The number of fused-ring (bicyclic) bond motifs is 1. The van der Waals surface area contributed by atoms with E-state index in [-0.39, 0.29) is 17.9 Å². The summed E-state index contributed by atoms with van der Waals surface area (Å²) in [6.45, 7) is 3.07. The second kappa shape index (κ2) is 7.00. The number of methoxy groups -OCH3 is 1. The molecule has 2 N–H and O–H groups in total. The van der Waals surface area contributed by atoms with Crippen LogP contribution in [-0.4, -0.2) is 42.0 Å². The second-order valence-corrected chi connectivity index (χ2v) is 7.09. The predicted molar refractivity (Wildman–Crippen MR) is 106 cm³/mol. The van der Waals surface area contributed by atoms with E-state index >= 15 is 0 Å². The van der Waals surface area contributed by atoms with Gasteiger partial charge < -0.3 is 15.4 Å². The molecule has 1 saturated heterocycles. The highest BCUT2D eigenvalue weighted by molar-refractivity contribution is 6.06. The van der Waals surface area contributed by atoms with Gasteiger partial charge in [-0.3, -0.25) is 9.78 Å². The Bertz CT molecular complexity index is 988. The lowest BCUT2D eigenvalue weighted by Gasteiger charge is -2.18. The van der Waals surface area contributed by atoms with Crippen molar-refractivity contribution in [3.8, 4) is 5.75 Å². The number of benzene rings is 2. The Kier molecular flexibility index (Phi) is 4.54. The van der Waals surface area contributed by atoms with Gasteiger partial charge in [0.25, 0.3) is 5.91 Å². The van der Waals surface area contributed by atoms with Gasteiger partial charge in [-0.1, -0.05) is 30.3 Å². The van der Waals surface area contributed by atoms with Crippen LogP contribution in [0, 0.1) is 6.92 Å². The van der Waals surface area contributed by atoms with Crippen LogP contribution < -0.4 is 10.5 Å². The van der Waals surface area contributed by atoms with E-state index < -0.39 is 0 Å². The van der Waals surface area contributed by atoms with Gasteiger partial charge in [0.2, 0.25) is 0 Å². The van der Waals surface area contributed by atoms with Crippen LogP contribution in [0.15, 0.2) is 54.6 Å². The van der Waals surface area contributed by atoms with Crippen molar-refractivity contribution in [2.24, 2.45) is 5.73 Å². The Morgan fingerprint density at radius 2 is 1.93 bits per heavy atom. The molecule has 4 rings (SSSR count). The van der Waals surface area contributed by atoms with Gasteiger partial charge in [0, 0.05) is 36.1 Å². The van der Waals surface area contributed by atoms with E-state index in [0.717, 1.165) is 16.6 Å². The molecule has 0 saturated carbocycles. The van der Waals surface area contributed by atoms with E-state index in [2.05, 4.69) is 17.1 Å². The number of aromatic nitrogens is 1. The topological polar surface area (TPSA) is 68.5 Å². The molecule has 2 aromatic carbocycles. The van der Waals surface area contributed by atoms with E-state index in [9.17, 15) is 4.79 Å². The lowest BCUT2D eigenvalue weighted by molar-refractivity contribution is 0.0791. The molecule has 1 amide bonds. The molecule has 1 aliphatic heterocycles. The molecule has 2 atom stereocenters. The van der Waals surface area contributed by atoms with Crippen molar-refractivity contribution in [2.45, 2.75) is 18.9 Å². The zero-order valence-corrected chi connectivity index (χ0v) is 15.6. The molecule has 5 heteroatoms. The molecule has 0 aliphatic carbocycles. The van der Waals surface area contributed by atoms with Crippen molar-refractivity contribution in [1.82, 2.24) is 9.88 Å². The summed E-state index contributed by atoms with van der Waals surface area (Å²) in [7, 11) is 1.62. The van der Waals surface area contributed by atoms with Gasteiger partial charge in [-0.15, -0.1) is 0 Å². The number of pyridine rings is 1. The number of ether oxygens (including phenoxy) is 1. The Morgan fingerprint density at radius 3 is 2.67 bits per heavy atom. The van der Waals surface area contributed by atoms with Crippen molar-refractivity contribution in [3.63, 3.8) is 0 Å². The molecular weight excluding hydrogens is 338 g/mol. The number of aryl methyl sites for hydroxylation is 1. The minimum absolute atomic E-state index is 0.00682. The molecular formula is C22H23N3O2. The van der Waals surface area contributed by atoms with Gasteiger partial charge in [0.05, 0.1) is 18.2 Å². The first kappa shape index (κ1) is 17.5. The molecule has 1 fully saturated rings. The summed E-state index contributed by atoms with van der Waals surface area (Å²) in [5.74, 6) is 0.856. The van der Waals surface area contributed by atoms with Crippen LogP contribution in [0.25, 0.3) is 10.9 Å². The highest BCUT2D eigenvalue weighted by Crippen LogP contribution is 2.30. The van der Waals surface area contributed by atoms with Crippen LogP contribution in [0.1, 0.15) is 27.5 Å². The Morgan fingerprint density at radius 1 is 1.15 bits per heavy atom. The first-order valence-corrected chi connectivity index (χ1v) is 9.12. The average Bonchev–Trinajstić information content (AvgIpc) is 3.08. The van der Waals surface area contributed by atoms with Crippen LogP contribution >= 0.6 is 0 Å². The summed E-state index contributed by atoms with van der Waals surface area (Å²) in [5, 5.41) is 0.807. The van der Waals surface area contributed by atoms with Crippen LogP contribution in [0.4, 0.5) is 0 Å². The number of hydrogen-bond donors (Lipinski definition) is 1. The third-order valence-corrected chi connectivity index (χ3v) is 5.25. The first-order chi connectivity index (χ1) is 13.1. The molecule has 138 valence electrons. The molecule has 5 nitrogen and oxygen atoms in total. The molecule has 0 unspecified atom stereocenters. The third kappa shape index (κ3) is 3.26. The number of carbonyl (C=O) groups is 1. The fourth-order valence-electron chi connectivity index (χ4n) is 3.86. The van der Waals surface area contributed by atoms with Crippen molar-refractivity contribution >= 4 is 16.8 Å². The Balaban J connectivity index is 1.69. The molecule has 0 radical (unpaired) electrons. The maximum atomic E-state index is 13.3. The summed E-state index contributed by atoms with van der Waals surface area (Å²) in [6, 6.07) is 17.6. The smallest absolute Gasteiger partial charge is 0.254 e. The van der Waals surface area contributed by atoms with Crippen molar-refractivity contribution in [2.75, 3.05) is 20.2 Å². The quantitative estimate of drug-likeness (QED) is 0.778. The van der Waals surface area contributed by atoms with Gasteiger partial charge in [-0.05, 0) is 36.8 Å². The summed E-state index contributed by atoms with van der Waals surface area (Å²) in [4.78, 5) is 19.7. The highest BCUT2D eigenvalue weighted by atomic mass is 16.5. The standard InChI is InChI=1S/C22H23N3O2/c1-14-10-18(17-11-16(27-2)8-9-21(17)24-14)22(26)25-12-19(20(23)13-25)15-6-4-3-5-7-15/h3-11,19-20H,12-13,23H2,1-2H3/t19-,20+/m0/s1. The fraction of sp³-hybridized carbons (Fsp3) is 0.273. The van der Waals surface area contributed by atoms with Crippen LogP contribution in [0.3, 0.4) is 0 Å². The molecule has 0 spiro atoms. The van der Waals surface area contributed by atoms with Crippen molar-refractivity contribution in [1.29, 1.82) is 0 Å². The van der Waals surface area contributed by atoms with Gasteiger partial charge in [-0.2, -0.15) is 0 Å². The fourth-order valence-corrected chi connectivity index (χ4v) is 3.86. The number of hydrogen-bond acceptors (Lipinski definition) is 4. The first-order valence-electron chi connectivity index (χ1n) is 9.12. The summed E-state index contributed by atoms with van der Waals surface area (Å²) in [6.07, 6.45) is 0. The summed E-state index contributed by atoms with van der Waals surface area (Å²) in [5.41, 5.74) is 9.82. The van der Waals surface area contributed by atoms with Crippen LogP contribution in [0.5, 0.6) is 5.75 Å². The van der Waals surface area contributed by atoms with Crippen molar-refractivity contribution < 1.29 is 9.53 Å². The molecule has 3 aromatic rings. The summed E-state index contributed by atoms with van der Waals surface area (Å²) < 4.78 is 5.33. The number of nitrogens with two attached hydrogens (primary N) is 1. The SMILES string of the molecule is COc1ccc2nc(C)cc(C(=O)N3C[C@@H](N)[C@H](c4ccccc4)C3)c2c1. The normalized spacial score (nSPS) is 19.4. The van der Waals surface area contributed by atoms with Gasteiger partial charge >= 0.3 is 0 Å². The molecule has 0 bridgehead atoms. The molecule has 2 heterocycles. The van der Waals surface area contributed by atoms with Crippen molar-refractivity contribution in [3.05, 3.63) is 71.4 Å². The minimum atomic E-state index is -0.0694. The van der Waals surface area contributed by atoms with E-state index in [1.807, 2.05) is 54.3 Å². The zero-order valence-electron chi connectivity index (χ0n) is 15.6. The lowest BCUT2D eigenvalue weighted by Crippen LogP contribution is -2.32. The average molecular weight is 361 g/mol. The van der Waals surface area contributed by atoms with E-state index in [1.165, 1.54) is 5.56 Å². The molecule has 1 aliphatic rings. The van der Waals surface area contributed by atoms with E-state index in [1.54, 1.807) is 7.11 Å². The number of nitrogens with zero attached hydrogens (tertiary/aromatic N) is 2. The monoisotopic (exact) mass is 361 g/mol. The number of amides is 1. The molecule has 1 aromatic heterocycles. The Hall–Kier alpha value is -2.92. The largest absolute Gasteiger partial charge is 0.497 e. The molecule has 27 heavy (non-hydrogen) atoms. The van der Waals surface area contributed by atoms with Gasteiger partial charge in [0.15, 0.2) is 0 Å². The maximum absolute atomic E-state index is 13.3. The lowest BCUT2D eigenvalue weighted by atomic mass is 9.95. The third-order valence-electron chi connectivity index (χ3n) is 5.25. The minimum Gasteiger partial charge on any atom is -0.497 e. The summed E-state index contributed by atoms with van der Waals surface area (Å²) >= 11 is 0. The van der Waals surface area contributed by atoms with Crippen LogP contribution in [0.2, 0.25) is 0 Å². The zero-order chi connectivity index (χ0) is 19.0. The maximum Gasteiger partial charge on any atom is 0.254 e. The second-order valence-electron chi connectivity index (χ2n) is 7.09. The van der Waals surface area contributed by atoms with Gasteiger partial charge in [-0.25, -0.2) is 0 Å². The van der Waals surface area contributed by atoms with Crippen LogP contribution in [-0.2, 0) is 0 Å². The number of rotatable bonds is 3.